The summed E-state index contributed by atoms with van der Waals surface area (Å²) in [6, 6.07) is 9.62. The highest BCUT2D eigenvalue weighted by Crippen LogP contribution is 2.31. The van der Waals surface area contributed by atoms with Gasteiger partial charge in [0.25, 0.3) is 5.88 Å². The van der Waals surface area contributed by atoms with Gasteiger partial charge in [-0.1, -0.05) is 30.3 Å². The summed E-state index contributed by atoms with van der Waals surface area (Å²) >= 11 is 0. The maximum Gasteiger partial charge on any atom is 0.515 e. The van der Waals surface area contributed by atoms with Gasteiger partial charge in [0.15, 0.2) is 5.82 Å². The number of anilines is 2. The molecule has 1 saturated heterocycles. The monoisotopic (exact) mass is 459 g/mol. The highest BCUT2D eigenvalue weighted by atomic mass is 16.7. The Bertz CT molecular complexity index is 954. The van der Waals surface area contributed by atoms with E-state index in [0.717, 1.165) is 24.9 Å². The van der Waals surface area contributed by atoms with Crippen molar-refractivity contribution >= 4 is 24.0 Å². The van der Waals surface area contributed by atoms with Gasteiger partial charge in [0.2, 0.25) is 5.95 Å². The second-order valence-electron chi connectivity index (χ2n) is 8.89. The van der Waals surface area contributed by atoms with Crippen LogP contribution in [-0.4, -0.2) is 53.1 Å². The van der Waals surface area contributed by atoms with Gasteiger partial charge in [0.1, 0.15) is 5.60 Å². The average molecular weight is 460 g/mol. The first-order chi connectivity index (χ1) is 15.7. The molecule has 0 saturated carbocycles. The Balaban J connectivity index is 1.84. The number of nitrogen functional groups attached to an aromatic ring is 1. The molecule has 3 N–H and O–H groups in total. The summed E-state index contributed by atoms with van der Waals surface area (Å²) < 4.78 is 17.5. The molecule has 1 fully saturated rings. The zero-order valence-electron chi connectivity index (χ0n) is 19.7. The van der Waals surface area contributed by atoms with E-state index in [-0.39, 0.29) is 24.3 Å². The summed E-state index contributed by atoms with van der Waals surface area (Å²) in [4.78, 5) is 30.8. The number of amides is 1. The molecule has 0 radical (unpaired) electrons. The van der Waals surface area contributed by atoms with Crippen LogP contribution in [0, 0.1) is 0 Å². The van der Waals surface area contributed by atoms with Gasteiger partial charge < -0.3 is 30.2 Å². The Hall–Kier alpha value is -3.43. The number of rotatable bonds is 6. The van der Waals surface area contributed by atoms with Crippen molar-refractivity contribution < 1.29 is 23.8 Å². The van der Waals surface area contributed by atoms with Crippen molar-refractivity contribution in [2.45, 2.75) is 58.7 Å². The van der Waals surface area contributed by atoms with Crippen LogP contribution in [-0.2, 0) is 16.0 Å². The summed E-state index contributed by atoms with van der Waals surface area (Å²) in [6.45, 7) is 9.00. The van der Waals surface area contributed by atoms with E-state index in [1.165, 1.54) is 0 Å². The lowest BCUT2D eigenvalue weighted by Gasteiger charge is -2.34. The first kappa shape index (κ1) is 24.2. The third kappa shape index (κ3) is 6.77. The normalized spacial score (nSPS) is 16.2. The Morgan fingerprint density at radius 3 is 2.64 bits per heavy atom. The van der Waals surface area contributed by atoms with Crippen LogP contribution in [0.4, 0.5) is 21.4 Å². The topological polar surface area (TPSA) is 121 Å². The average Bonchev–Trinajstić information content (AvgIpc) is 3.03. The standard InChI is InChI=1S/C23H33N5O5/c1-5-31-22(30)32-19-18(24)26-20(28(19)14-16-10-7-6-8-11-16)27-13-9-12-17(15-27)25-21(29)33-23(2,3)4/h6-8,10-11,17H,5,9,12-15,24H2,1-4H3,(H,25,29). The molecule has 10 heteroatoms. The number of benzene rings is 1. The van der Waals surface area contributed by atoms with Gasteiger partial charge in [0.05, 0.1) is 13.2 Å². The summed E-state index contributed by atoms with van der Waals surface area (Å²) in [7, 11) is 0. The minimum Gasteiger partial charge on any atom is -0.444 e. The lowest BCUT2D eigenvalue weighted by molar-refractivity contribution is 0.0499. The third-order valence-corrected chi connectivity index (χ3v) is 4.98. The number of carbonyl (C=O) groups excluding carboxylic acids is 2. The van der Waals surface area contributed by atoms with E-state index in [9.17, 15) is 9.59 Å². The largest absolute Gasteiger partial charge is 0.515 e. The predicted molar refractivity (Wildman–Crippen MR) is 124 cm³/mol. The molecule has 33 heavy (non-hydrogen) atoms. The molecule has 1 aromatic heterocycles. The lowest BCUT2D eigenvalue weighted by Crippen LogP contribution is -2.49. The number of piperidine rings is 1. The molecule has 2 aromatic rings. The maximum absolute atomic E-state index is 12.3. The van der Waals surface area contributed by atoms with Gasteiger partial charge in [-0.3, -0.25) is 4.57 Å². The summed E-state index contributed by atoms with van der Waals surface area (Å²) in [5.74, 6) is 0.789. The van der Waals surface area contributed by atoms with Crippen LogP contribution >= 0.6 is 0 Å². The van der Waals surface area contributed by atoms with Gasteiger partial charge in [0, 0.05) is 19.1 Å². The summed E-state index contributed by atoms with van der Waals surface area (Å²) in [5, 5.41) is 2.94. The molecule has 1 atom stereocenters. The second kappa shape index (κ2) is 10.5. The Morgan fingerprint density at radius 2 is 1.97 bits per heavy atom. The highest BCUT2D eigenvalue weighted by molar-refractivity contribution is 5.68. The Morgan fingerprint density at radius 1 is 1.24 bits per heavy atom. The van der Waals surface area contributed by atoms with Gasteiger partial charge in [-0.2, -0.15) is 4.98 Å². The van der Waals surface area contributed by atoms with E-state index in [2.05, 4.69) is 10.3 Å². The molecule has 0 bridgehead atoms. The van der Waals surface area contributed by atoms with Crippen LogP contribution in [0.1, 0.15) is 46.1 Å². The van der Waals surface area contributed by atoms with Gasteiger partial charge >= 0.3 is 12.2 Å². The number of imidazole rings is 1. The minimum absolute atomic E-state index is 0.0937. The molecule has 0 spiro atoms. The van der Waals surface area contributed by atoms with Crippen molar-refractivity contribution in [3.05, 3.63) is 35.9 Å². The zero-order valence-corrected chi connectivity index (χ0v) is 19.7. The van der Waals surface area contributed by atoms with E-state index >= 15 is 0 Å². The molecule has 1 aliphatic rings. The van der Waals surface area contributed by atoms with Crippen molar-refractivity contribution in [1.29, 1.82) is 0 Å². The molecular formula is C23H33N5O5. The van der Waals surface area contributed by atoms with Crippen LogP contribution in [0.5, 0.6) is 5.88 Å². The predicted octanol–water partition coefficient (Wildman–Crippen LogP) is 3.54. The molecule has 1 aliphatic heterocycles. The van der Waals surface area contributed by atoms with Crippen molar-refractivity contribution in [3.63, 3.8) is 0 Å². The molecule has 1 aromatic carbocycles. The van der Waals surface area contributed by atoms with E-state index in [0.29, 0.717) is 19.0 Å². The van der Waals surface area contributed by atoms with E-state index in [1.807, 2.05) is 56.0 Å². The number of hydrogen-bond acceptors (Lipinski definition) is 8. The quantitative estimate of drug-likeness (QED) is 0.629. The van der Waals surface area contributed by atoms with Crippen molar-refractivity contribution in [3.8, 4) is 5.88 Å². The van der Waals surface area contributed by atoms with Crippen LogP contribution in [0.15, 0.2) is 30.3 Å². The van der Waals surface area contributed by atoms with Crippen molar-refractivity contribution in [2.75, 3.05) is 30.3 Å². The number of hydrogen-bond donors (Lipinski definition) is 2. The van der Waals surface area contributed by atoms with Gasteiger partial charge in [-0.05, 0) is 46.1 Å². The van der Waals surface area contributed by atoms with Crippen LogP contribution in [0.2, 0.25) is 0 Å². The summed E-state index contributed by atoms with van der Waals surface area (Å²) in [6.07, 6.45) is 0.365. The lowest BCUT2D eigenvalue weighted by atomic mass is 10.1. The summed E-state index contributed by atoms with van der Waals surface area (Å²) in [5.41, 5.74) is 6.57. The molecular weight excluding hydrogens is 426 g/mol. The third-order valence-electron chi connectivity index (χ3n) is 4.98. The Labute approximate surface area is 194 Å². The Kier molecular flexibility index (Phi) is 7.67. The van der Waals surface area contributed by atoms with Crippen LogP contribution < -0.4 is 20.7 Å². The van der Waals surface area contributed by atoms with E-state index in [4.69, 9.17) is 19.9 Å². The maximum atomic E-state index is 12.3. The molecule has 180 valence electrons. The van der Waals surface area contributed by atoms with Gasteiger partial charge in [-0.25, -0.2) is 9.59 Å². The number of nitrogens with zero attached hydrogens (tertiary/aromatic N) is 3. The number of aromatic nitrogens is 2. The zero-order chi connectivity index (χ0) is 24.0. The molecule has 3 rings (SSSR count). The molecule has 1 unspecified atom stereocenters. The van der Waals surface area contributed by atoms with Crippen LogP contribution in [0.3, 0.4) is 0 Å². The van der Waals surface area contributed by atoms with Gasteiger partial charge in [-0.15, -0.1) is 0 Å². The van der Waals surface area contributed by atoms with Crippen LogP contribution in [0.25, 0.3) is 0 Å². The molecule has 10 nitrogen and oxygen atoms in total. The number of ether oxygens (including phenoxy) is 3. The number of nitrogens with one attached hydrogen (secondary N) is 1. The molecule has 0 aliphatic carbocycles. The minimum atomic E-state index is -0.840. The highest BCUT2D eigenvalue weighted by Gasteiger charge is 2.29. The van der Waals surface area contributed by atoms with Crippen molar-refractivity contribution in [2.24, 2.45) is 0 Å². The van der Waals surface area contributed by atoms with Crippen molar-refractivity contribution in [1.82, 2.24) is 14.9 Å². The second-order valence-corrected chi connectivity index (χ2v) is 8.89. The first-order valence-electron chi connectivity index (χ1n) is 11.1. The van der Waals surface area contributed by atoms with E-state index in [1.54, 1.807) is 11.5 Å². The fraction of sp³-hybridized carbons (Fsp3) is 0.522. The number of nitrogens with two attached hydrogens (primary N) is 1. The fourth-order valence-corrected chi connectivity index (χ4v) is 3.68. The number of carbonyl (C=O) groups is 2. The first-order valence-corrected chi connectivity index (χ1v) is 11.1. The SMILES string of the molecule is CCOC(=O)Oc1c(N)nc(N2CCCC(NC(=O)OC(C)(C)C)C2)n1Cc1ccccc1. The van der Waals surface area contributed by atoms with E-state index < -0.39 is 17.8 Å². The fourth-order valence-electron chi connectivity index (χ4n) is 3.68. The number of alkyl carbamates (subject to hydrolysis) is 1. The molecule has 1 amide bonds. The molecule has 2 heterocycles. The smallest absolute Gasteiger partial charge is 0.444 e.